The van der Waals surface area contributed by atoms with E-state index >= 15 is 0 Å². The van der Waals surface area contributed by atoms with E-state index in [-0.39, 0.29) is 0 Å². The maximum atomic E-state index is 11.7. The lowest BCUT2D eigenvalue weighted by Gasteiger charge is -2.27. The summed E-state index contributed by atoms with van der Waals surface area (Å²) in [6, 6.07) is 1.06. The third-order valence-corrected chi connectivity index (χ3v) is 3.46. The molecule has 0 aromatic rings. The lowest BCUT2D eigenvalue weighted by atomic mass is 10.1. The Morgan fingerprint density at radius 2 is 2.14 bits per heavy atom. The van der Waals surface area contributed by atoms with Crippen molar-refractivity contribution in [2.24, 2.45) is 0 Å². The summed E-state index contributed by atoms with van der Waals surface area (Å²) < 4.78 is 0. The van der Waals surface area contributed by atoms with Gasteiger partial charge < -0.3 is 0 Å². The number of ketones is 1. The quantitative estimate of drug-likeness (QED) is 0.671. The number of unbranched alkanes of at least 4 members (excludes halogenated alkanes) is 1. The zero-order chi connectivity index (χ0) is 9.97. The number of nitrogens with zero attached hydrogens (tertiary/aromatic N) is 1. The molecule has 14 heavy (non-hydrogen) atoms. The highest BCUT2D eigenvalue weighted by atomic mass is 16.1. The lowest BCUT2D eigenvalue weighted by molar-refractivity contribution is -0.122. The highest BCUT2D eigenvalue weighted by Gasteiger charge is 2.38. The first-order valence-electron chi connectivity index (χ1n) is 6.11. The van der Waals surface area contributed by atoms with Gasteiger partial charge >= 0.3 is 0 Å². The van der Waals surface area contributed by atoms with Gasteiger partial charge in [-0.25, -0.2) is 0 Å². The highest BCUT2D eigenvalue weighted by Crippen LogP contribution is 2.33. The fraction of sp³-hybridized carbons (Fsp3) is 0.917. The van der Waals surface area contributed by atoms with E-state index in [1.54, 1.807) is 0 Å². The first kappa shape index (κ1) is 10.2. The van der Waals surface area contributed by atoms with Crippen molar-refractivity contribution >= 4 is 5.78 Å². The summed E-state index contributed by atoms with van der Waals surface area (Å²) in [5, 5.41) is 0. The molecule has 1 unspecified atom stereocenters. The predicted octanol–water partition coefficient (Wildman–Crippen LogP) is 2.37. The summed E-state index contributed by atoms with van der Waals surface area (Å²) in [6.45, 7) is 3.37. The van der Waals surface area contributed by atoms with Crippen LogP contribution in [-0.2, 0) is 4.79 Å². The molecular weight excluding hydrogens is 174 g/mol. The van der Waals surface area contributed by atoms with Crippen LogP contribution in [0.2, 0.25) is 0 Å². The first-order valence-corrected chi connectivity index (χ1v) is 6.11. The van der Waals surface area contributed by atoms with E-state index in [1.807, 2.05) is 0 Å². The van der Waals surface area contributed by atoms with Gasteiger partial charge in [-0.2, -0.15) is 0 Å². The summed E-state index contributed by atoms with van der Waals surface area (Å²) in [7, 11) is 0. The molecule has 0 aromatic carbocycles. The Bertz CT molecular complexity index is 210. The number of hydrogen-bond acceptors (Lipinski definition) is 2. The molecule has 0 radical (unpaired) electrons. The molecule has 2 heteroatoms. The van der Waals surface area contributed by atoms with Crippen molar-refractivity contribution in [3.63, 3.8) is 0 Å². The van der Waals surface area contributed by atoms with Gasteiger partial charge in [0.05, 0.1) is 6.04 Å². The topological polar surface area (TPSA) is 20.3 Å². The zero-order valence-electron chi connectivity index (χ0n) is 9.17. The molecule has 0 spiro atoms. The first-order chi connectivity index (χ1) is 6.83. The minimum absolute atomic E-state index is 0.300. The Kier molecular flexibility index (Phi) is 3.22. The van der Waals surface area contributed by atoms with E-state index in [4.69, 9.17) is 0 Å². The van der Waals surface area contributed by atoms with Crippen LogP contribution in [0.1, 0.15) is 51.9 Å². The van der Waals surface area contributed by atoms with E-state index in [0.29, 0.717) is 11.8 Å². The average molecular weight is 195 g/mol. The second-order valence-corrected chi connectivity index (χ2v) is 4.70. The van der Waals surface area contributed by atoms with Crippen LogP contribution in [0, 0.1) is 0 Å². The lowest BCUT2D eigenvalue weighted by Crippen LogP contribution is -2.40. The highest BCUT2D eigenvalue weighted by molar-refractivity contribution is 5.86. The Labute approximate surface area is 86.7 Å². The molecule has 0 bridgehead atoms. The fourth-order valence-electron chi connectivity index (χ4n) is 2.49. The Morgan fingerprint density at radius 3 is 2.64 bits per heavy atom. The van der Waals surface area contributed by atoms with Crippen LogP contribution in [0.15, 0.2) is 0 Å². The second-order valence-electron chi connectivity index (χ2n) is 4.70. The SMILES string of the molecule is CCCCN(C1CC1)C1CCCC1=O. The van der Waals surface area contributed by atoms with E-state index in [0.717, 1.165) is 31.8 Å². The molecule has 0 saturated heterocycles. The minimum atomic E-state index is 0.300. The van der Waals surface area contributed by atoms with Crippen LogP contribution in [0.4, 0.5) is 0 Å². The smallest absolute Gasteiger partial charge is 0.149 e. The monoisotopic (exact) mass is 195 g/mol. The summed E-state index contributed by atoms with van der Waals surface area (Å²) in [4.78, 5) is 14.2. The van der Waals surface area contributed by atoms with Gasteiger partial charge in [0.15, 0.2) is 0 Å². The van der Waals surface area contributed by atoms with Crippen LogP contribution >= 0.6 is 0 Å². The standard InChI is InChI=1S/C12H21NO/c1-2-3-9-13(10-7-8-10)11-5-4-6-12(11)14/h10-11H,2-9H2,1H3. The Hall–Kier alpha value is -0.370. The maximum absolute atomic E-state index is 11.7. The van der Waals surface area contributed by atoms with Gasteiger partial charge in [-0.3, -0.25) is 9.69 Å². The largest absolute Gasteiger partial charge is 0.298 e. The van der Waals surface area contributed by atoms with Gasteiger partial charge in [-0.1, -0.05) is 13.3 Å². The minimum Gasteiger partial charge on any atom is -0.298 e. The molecule has 2 aliphatic rings. The molecule has 2 saturated carbocycles. The molecule has 1 atom stereocenters. The molecule has 80 valence electrons. The number of carbonyl (C=O) groups is 1. The summed E-state index contributed by atoms with van der Waals surface area (Å²) in [5.41, 5.74) is 0. The van der Waals surface area contributed by atoms with Gasteiger partial charge in [-0.05, 0) is 38.6 Å². The van der Waals surface area contributed by atoms with Crippen LogP contribution in [-0.4, -0.2) is 29.3 Å². The van der Waals surface area contributed by atoms with Crippen molar-refractivity contribution in [2.45, 2.75) is 64.0 Å². The molecule has 0 amide bonds. The van der Waals surface area contributed by atoms with E-state index in [1.165, 1.54) is 25.7 Å². The summed E-state index contributed by atoms with van der Waals surface area (Å²) in [5.74, 6) is 0.507. The van der Waals surface area contributed by atoms with Crippen molar-refractivity contribution in [3.05, 3.63) is 0 Å². The molecular formula is C12H21NO. The predicted molar refractivity (Wildman–Crippen MR) is 57.3 cm³/mol. The number of rotatable bonds is 5. The number of hydrogen-bond donors (Lipinski definition) is 0. The van der Waals surface area contributed by atoms with Crippen molar-refractivity contribution in [2.75, 3.05) is 6.54 Å². The van der Waals surface area contributed by atoms with Crippen LogP contribution in [0.5, 0.6) is 0 Å². The van der Waals surface area contributed by atoms with Crippen molar-refractivity contribution in [1.82, 2.24) is 4.90 Å². The molecule has 2 aliphatic carbocycles. The Morgan fingerprint density at radius 1 is 1.36 bits per heavy atom. The summed E-state index contributed by atoms with van der Waals surface area (Å²) >= 11 is 0. The van der Waals surface area contributed by atoms with Crippen molar-refractivity contribution in [1.29, 1.82) is 0 Å². The second kappa shape index (κ2) is 4.43. The molecule has 0 N–H and O–H groups in total. The van der Waals surface area contributed by atoms with Gasteiger partial charge in [0.1, 0.15) is 5.78 Å². The van der Waals surface area contributed by atoms with Crippen LogP contribution in [0.3, 0.4) is 0 Å². The maximum Gasteiger partial charge on any atom is 0.149 e. The molecule has 0 aromatic heterocycles. The van der Waals surface area contributed by atoms with E-state index < -0.39 is 0 Å². The van der Waals surface area contributed by atoms with Crippen molar-refractivity contribution < 1.29 is 4.79 Å². The van der Waals surface area contributed by atoms with Crippen LogP contribution in [0.25, 0.3) is 0 Å². The third kappa shape index (κ3) is 2.17. The number of carbonyl (C=O) groups excluding carboxylic acids is 1. The normalized spacial score (nSPS) is 27.6. The van der Waals surface area contributed by atoms with Gasteiger partial charge in [-0.15, -0.1) is 0 Å². The number of Topliss-reactive ketones (excluding diaryl/α,β-unsaturated/α-hetero) is 1. The van der Waals surface area contributed by atoms with Gasteiger partial charge in [0.2, 0.25) is 0 Å². The fourth-order valence-corrected chi connectivity index (χ4v) is 2.49. The Balaban J connectivity index is 1.91. The average Bonchev–Trinajstić information content (AvgIpc) is 2.92. The molecule has 0 heterocycles. The van der Waals surface area contributed by atoms with E-state index in [2.05, 4.69) is 11.8 Å². The molecule has 2 fully saturated rings. The molecule has 2 rings (SSSR count). The zero-order valence-corrected chi connectivity index (χ0v) is 9.17. The summed E-state index contributed by atoms with van der Waals surface area (Å²) in [6.07, 6.45) is 8.23. The van der Waals surface area contributed by atoms with Gasteiger partial charge in [0.25, 0.3) is 0 Å². The third-order valence-electron chi connectivity index (χ3n) is 3.46. The molecule has 0 aliphatic heterocycles. The molecule has 2 nitrogen and oxygen atoms in total. The van der Waals surface area contributed by atoms with Crippen molar-refractivity contribution in [3.8, 4) is 0 Å². The van der Waals surface area contributed by atoms with E-state index in [9.17, 15) is 4.79 Å². The van der Waals surface area contributed by atoms with Gasteiger partial charge in [0, 0.05) is 12.5 Å². The van der Waals surface area contributed by atoms with Crippen LogP contribution < -0.4 is 0 Å².